The van der Waals surface area contributed by atoms with E-state index in [1.165, 1.54) is 0 Å². The maximum atomic E-state index is 16.4. The van der Waals surface area contributed by atoms with Gasteiger partial charge in [0.1, 0.15) is 46.0 Å². The van der Waals surface area contributed by atoms with Crippen molar-refractivity contribution in [2.75, 3.05) is 0 Å². The molecule has 0 unspecified atom stereocenters. The van der Waals surface area contributed by atoms with Crippen LogP contribution in [0.4, 0.5) is 0 Å². The van der Waals surface area contributed by atoms with Gasteiger partial charge in [-0.2, -0.15) is 0 Å². The van der Waals surface area contributed by atoms with Crippen LogP contribution in [0.2, 0.25) is 0 Å². The molecule has 0 saturated heterocycles. The van der Waals surface area contributed by atoms with Crippen LogP contribution in [0.15, 0.2) is 146 Å². The third kappa shape index (κ3) is 10.2. The molecular weight excluding hydrogens is 1180 g/mol. The van der Waals surface area contributed by atoms with Crippen molar-refractivity contribution < 1.29 is 54.5 Å². The first-order valence-corrected chi connectivity index (χ1v) is 36.4. The van der Waals surface area contributed by atoms with E-state index in [9.17, 15) is 0 Å². The summed E-state index contributed by atoms with van der Waals surface area (Å²) in [5.41, 5.74) is 8.23. The van der Waals surface area contributed by atoms with Crippen LogP contribution in [0.3, 0.4) is 0 Å². The van der Waals surface area contributed by atoms with Crippen LogP contribution in [-0.2, 0) is 39.9 Å². The molecule has 0 spiro atoms. The second-order valence-corrected chi connectivity index (χ2v) is 36.0. The van der Waals surface area contributed by atoms with Crippen LogP contribution < -0.4 is 57.4 Å². The summed E-state index contributed by atoms with van der Waals surface area (Å²) in [6, 6.07) is 44.2. The Balaban J connectivity index is 1.13. The van der Waals surface area contributed by atoms with E-state index in [1.54, 1.807) is 72.8 Å². The smallest absolute Gasteiger partial charge is 0.412 e. The molecule has 8 aromatic carbocycles. The average molecular weight is 1260 g/mol. The van der Waals surface area contributed by atoms with Crippen molar-refractivity contribution in [2.24, 2.45) is 0 Å². The summed E-state index contributed by atoms with van der Waals surface area (Å²) >= 11 is 0. The van der Waals surface area contributed by atoms with E-state index < -0.39 is 54.1 Å². The minimum absolute atomic E-state index is 0.186. The molecule has 1 aliphatic carbocycles. The highest BCUT2D eigenvalue weighted by Gasteiger charge is 2.46. The Morgan fingerprint density at radius 3 is 0.500 bits per heavy atom. The summed E-state index contributed by atoms with van der Waals surface area (Å²) in [5, 5.41) is 1.10. The van der Waals surface area contributed by atoms with Crippen LogP contribution in [0.25, 0.3) is 0 Å². The van der Waals surface area contributed by atoms with Gasteiger partial charge in [-0.05, 0) is 117 Å². The zero-order valence-electron chi connectivity index (χ0n) is 52.9. The van der Waals surface area contributed by atoms with Gasteiger partial charge in [0.25, 0.3) is 0 Å². The molecule has 0 saturated carbocycles. The third-order valence-electron chi connectivity index (χ3n) is 18.2. The summed E-state index contributed by atoms with van der Waals surface area (Å²) in [7, 11) is -18.0. The lowest BCUT2D eigenvalue weighted by atomic mass is 9.81. The Hall–Kier alpha value is -6.92. The molecule has 5 aliphatic rings. The van der Waals surface area contributed by atoms with Gasteiger partial charge < -0.3 is 36.2 Å². The summed E-state index contributed by atoms with van der Waals surface area (Å²) in [4.78, 5) is 0. The lowest BCUT2D eigenvalue weighted by Crippen LogP contribution is -2.23. The minimum Gasteiger partial charge on any atom is -0.412 e. The van der Waals surface area contributed by atoms with E-state index in [4.69, 9.17) is 36.2 Å². The van der Waals surface area contributed by atoms with Gasteiger partial charge in [0.15, 0.2) is 0 Å². The SMILES string of the molecule is CC1c2cc3c4cc2OP(=O)(c2ccc(C(C)(C)C)cc2)Oc2cc5c(cc21)C(C)c1cc2c(cc1OP(=O)(c1ccc(C(C)(C)C)cc1)O5)OP(=O)(c1ccc(C(C)(C)C)cc1)Oc1cc(c(cc1C2C)C3C)OP(=O)(c1ccc(C(C)(C)C)cc1)O4. The molecule has 8 aromatic rings. The fourth-order valence-corrected chi connectivity index (χ4v) is 18.9. The molecule has 4 heterocycles. The Bertz CT molecular complexity index is 3690. The normalized spacial score (nSPS) is 25.0. The fraction of sp³-hybridized carbons (Fsp3) is 0.333. The molecule has 0 fully saturated rings. The molecule has 0 amide bonds. The van der Waals surface area contributed by atoms with E-state index >= 15 is 18.3 Å². The first kappa shape index (κ1) is 60.0. The standard InChI is InChI=1S/C72H76O12P4/c1-41-53-33-55-42(2)57-35-59-44(4)60-36-58-43(3)56-34-54(41)62-38-64(56)80-87(75,51-29-21-47(22-30-51)71(11,12)13)82-66(58)40-68(60)84-88(76,52-31-23-48(24-32-52)72(14,15)16)83-67(59)39-65(57)81-86(74,50-27-19-46(20-28-50)70(8,9)10)79-63(55)37-61(53)77-85(73,78-62)49-25-17-45(18-26-49)69(5,6)7/h17-44H,1-16H3. The molecule has 0 atom stereocenters. The number of rotatable bonds is 4. The van der Waals surface area contributed by atoms with Gasteiger partial charge in [0, 0.05) is 92.4 Å². The second-order valence-electron chi connectivity index (χ2n) is 28.5. The molecule has 0 N–H and O–H groups in total. The van der Waals surface area contributed by atoms with Gasteiger partial charge in [-0.25, -0.2) is 18.3 Å². The number of hydrogen-bond donors (Lipinski definition) is 0. The topological polar surface area (TPSA) is 142 Å². The van der Waals surface area contributed by atoms with E-state index in [0.29, 0.717) is 44.5 Å². The van der Waals surface area contributed by atoms with E-state index in [1.807, 2.05) is 100 Å². The molecule has 8 bridgehead atoms. The summed E-state index contributed by atoms with van der Waals surface area (Å²) in [6.07, 6.45) is 0. The van der Waals surface area contributed by atoms with Crippen LogP contribution in [0.1, 0.15) is 201 Å². The van der Waals surface area contributed by atoms with Gasteiger partial charge in [-0.1, -0.05) is 159 Å². The predicted molar refractivity (Wildman–Crippen MR) is 350 cm³/mol. The number of benzene rings is 8. The molecular formula is C72H76O12P4. The summed E-state index contributed by atoms with van der Waals surface area (Å²) in [6.45, 7) is 33.4. The Kier molecular flexibility index (Phi) is 13.8. The maximum absolute atomic E-state index is 16.4. The Morgan fingerprint density at radius 2 is 0.375 bits per heavy atom. The van der Waals surface area contributed by atoms with Crippen molar-refractivity contribution in [2.45, 2.75) is 156 Å². The molecule has 4 aliphatic heterocycles. The molecule has 13 rings (SSSR count). The second kappa shape index (κ2) is 20.3. The zero-order valence-corrected chi connectivity index (χ0v) is 56.4. The monoisotopic (exact) mass is 1260 g/mol. The van der Waals surface area contributed by atoms with Crippen LogP contribution >= 0.6 is 30.4 Å². The van der Waals surface area contributed by atoms with Gasteiger partial charge in [-0.3, -0.25) is 0 Å². The highest BCUT2D eigenvalue weighted by molar-refractivity contribution is 7.64. The van der Waals surface area contributed by atoms with Crippen molar-refractivity contribution in [1.82, 2.24) is 0 Å². The van der Waals surface area contributed by atoms with Crippen LogP contribution in [-0.4, -0.2) is 0 Å². The number of hydrogen-bond acceptors (Lipinski definition) is 12. The highest BCUT2D eigenvalue weighted by Crippen LogP contribution is 2.65. The van der Waals surface area contributed by atoms with Gasteiger partial charge in [0.2, 0.25) is 0 Å². The van der Waals surface area contributed by atoms with E-state index in [0.717, 1.165) is 22.3 Å². The predicted octanol–water partition coefficient (Wildman–Crippen LogP) is 19.0. The first-order valence-electron chi connectivity index (χ1n) is 30.2. The largest absolute Gasteiger partial charge is 0.462 e. The maximum Gasteiger partial charge on any atom is 0.462 e. The minimum atomic E-state index is -4.49. The van der Waals surface area contributed by atoms with Crippen molar-refractivity contribution in [3.05, 3.63) is 212 Å². The first-order chi connectivity index (χ1) is 41.1. The van der Waals surface area contributed by atoms with Gasteiger partial charge in [0.05, 0.1) is 21.2 Å². The molecule has 456 valence electrons. The zero-order chi connectivity index (χ0) is 62.8. The van der Waals surface area contributed by atoms with Crippen molar-refractivity contribution in [3.8, 4) is 46.0 Å². The van der Waals surface area contributed by atoms with Crippen molar-refractivity contribution >= 4 is 51.6 Å². The lowest BCUT2D eigenvalue weighted by molar-refractivity contribution is 0.375. The van der Waals surface area contributed by atoms with Crippen LogP contribution in [0.5, 0.6) is 46.0 Å². The summed E-state index contributed by atoms with van der Waals surface area (Å²) in [5.74, 6) is -0.697. The van der Waals surface area contributed by atoms with Gasteiger partial charge in [-0.15, -0.1) is 0 Å². The van der Waals surface area contributed by atoms with Crippen molar-refractivity contribution in [1.29, 1.82) is 0 Å². The van der Waals surface area contributed by atoms with E-state index in [-0.39, 0.29) is 88.9 Å². The highest BCUT2D eigenvalue weighted by atomic mass is 31.2. The van der Waals surface area contributed by atoms with Crippen molar-refractivity contribution in [3.63, 3.8) is 0 Å². The average Bonchev–Trinajstić information content (AvgIpc) is 0.993. The fourth-order valence-electron chi connectivity index (χ4n) is 12.5. The Morgan fingerprint density at radius 1 is 0.239 bits per heavy atom. The molecule has 16 heteroatoms. The quantitative estimate of drug-likeness (QED) is 0.155. The molecule has 88 heavy (non-hydrogen) atoms. The Labute approximate surface area is 517 Å². The summed E-state index contributed by atoms with van der Waals surface area (Å²) < 4.78 is 121. The molecule has 0 aromatic heterocycles. The van der Waals surface area contributed by atoms with Gasteiger partial charge >= 0.3 is 30.4 Å². The third-order valence-corrected chi connectivity index (χ3v) is 25.5. The molecule has 12 nitrogen and oxygen atoms in total. The molecule has 0 radical (unpaired) electrons. The lowest BCUT2D eigenvalue weighted by Gasteiger charge is -2.36. The van der Waals surface area contributed by atoms with Crippen LogP contribution in [0, 0.1) is 0 Å². The van der Waals surface area contributed by atoms with E-state index in [2.05, 4.69) is 83.1 Å².